The Morgan fingerprint density at radius 1 is 1.16 bits per heavy atom. The molecular formula is C39H49ClN4O6S. The molecule has 10 nitrogen and oxygen atoms in total. The van der Waals surface area contributed by atoms with E-state index in [0.29, 0.717) is 49.4 Å². The molecule has 3 heterocycles. The molecule has 2 aromatic carbocycles. The number of ether oxygens (including phenoxy) is 3. The topological polar surface area (TPSA) is 119 Å². The van der Waals surface area contributed by atoms with Crippen molar-refractivity contribution in [2.45, 2.75) is 75.9 Å². The number of carbonyl (C=O) groups excluding carboxylic acids is 2. The molecule has 3 aliphatic carbocycles. The van der Waals surface area contributed by atoms with Crippen LogP contribution in [0.4, 0.5) is 10.5 Å². The van der Waals surface area contributed by atoms with Crippen molar-refractivity contribution in [3.8, 4) is 5.75 Å². The number of nitrogens with one attached hydrogen (secondary N) is 2. The molecule has 0 aromatic heterocycles. The van der Waals surface area contributed by atoms with Crippen LogP contribution in [-0.4, -0.2) is 74.1 Å². The van der Waals surface area contributed by atoms with Crippen molar-refractivity contribution in [2.24, 2.45) is 27.5 Å². The Balaban J connectivity index is 1.15. The third-order valence-corrected chi connectivity index (χ3v) is 14.6. The second-order valence-corrected chi connectivity index (χ2v) is 18.4. The molecule has 2 bridgehead atoms. The first-order chi connectivity index (χ1) is 24.6. The minimum atomic E-state index is -3.48. The van der Waals surface area contributed by atoms with Crippen molar-refractivity contribution in [1.82, 2.24) is 10.0 Å². The average molecular weight is 737 g/mol. The molecule has 51 heavy (non-hydrogen) atoms. The largest absolute Gasteiger partial charge is 0.490 e. The van der Waals surface area contributed by atoms with Gasteiger partial charge in [-0.3, -0.25) is 9.52 Å². The maximum Gasteiger partial charge on any atom is 0.327 e. The van der Waals surface area contributed by atoms with E-state index in [0.717, 1.165) is 68.7 Å². The van der Waals surface area contributed by atoms with Crippen LogP contribution in [0.1, 0.15) is 73.4 Å². The molecule has 0 radical (unpaired) electrons. The molecule has 2 N–H and O–H groups in total. The molecule has 3 amide bonds. The second kappa shape index (κ2) is 13.7. The van der Waals surface area contributed by atoms with Crippen molar-refractivity contribution in [1.29, 1.82) is 0 Å². The normalized spacial score (nSPS) is 36.5. The van der Waals surface area contributed by atoms with Crippen molar-refractivity contribution in [2.75, 3.05) is 50.7 Å². The fraction of sp³-hybridized carbons (Fsp3) is 0.590. The van der Waals surface area contributed by atoms with E-state index >= 15 is 0 Å². The van der Waals surface area contributed by atoms with Crippen molar-refractivity contribution in [3.63, 3.8) is 0 Å². The number of allylic oxidation sites excluding steroid dienone is 1. The number of nitrogens with zero attached hydrogens (tertiary/aromatic N) is 2. The number of anilines is 1. The van der Waals surface area contributed by atoms with Gasteiger partial charge in [0.2, 0.25) is 0 Å². The standard InChI is InChI=1S/C39H49ClN4O6S/c1-25-5-3-7-33(48-2)30-11-8-28(30)20-44-22-39(14-4-6-26-17-29(40)10-12-31(26)39)24-50-34-13-9-27(18-32(34)44)36(45)42-51(47,21-25)43-37(46)41-35-19-38(35)15-16-49-23-38/h3,7,9-10,12-13,17-18,25,28,30,33,35H,4-6,8,11,14-16,19-24H2,1-2H3,(H2,41,42,43,45,46,47)/b7-3-/t25-,28-,30+,33-,35-,38?,39-,51?/m0/s1. The average Bonchev–Trinajstić information content (AvgIpc) is 3.56. The Labute approximate surface area is 306 Å². The van der Waals surface area contributed by atoms with E-state index in [1.807, 2.05) is 25.1 Å². The molecule has 12 heteroatoms. The van der Waals surface area contributed by atoms with E-state index in [9.17, 15) is 13.8 Å². The highest BCUT2D eigenvalue weighted by molar-refractivity contribution is 7.92. The van der Waals surface area contributed by atoms with E-state index in [4.69, 9.17) is 25.8 Å². The van der Waals surface area contributed by atoms with Gasteiger partial charge in [0.15, 0.2) is 0 Å². The number of rotatable bonds is 3. The minimum Gasteiger partial charge on any atom is -0.490 e. The molecule has 274 valence electrons. The highest BCUT2D eigenvalue weighted by Crippen LogP contribution is 2.52. The number of benzene rings is 2. The van der Waals surface area contributed by atoms with E-state index in [2.05, 4.69) is 43.6 Å². The zero-order valence-electron chi connectivity index (χ0n) is 29.5. The van der Waals surface area contributed by atoms with Gasteiger partial charge in [-0.25, -0.2) is 9.00 Å². The van der Waals surface area contributed by atoms with Crippen LogP contribution in [0.15, 0.2) is 52.9 Å². The van der Waals surface area contributed by atoms with Gasteiger partial charge in [-0.15, -0.1) is 4.36 Å². The van der Waals surface area contributed by atoms with Crippen LogP contribution in [-0.2, 0) is 31.2 Å². The summed E-state index contributed by atoms with van der Waals surface area (Å²) in [6.45, 7) is 5.30. The second-order valence-electron chi connectivity index (χ2n) is 16.0. The Morgan fingerprint density at radius 3 is 2.82 bits per heavy atom. The van der Waals surface area contributed by atoms with Crippen LogP contribution < -0.4 is 19.7 Å². The van der Waals surface area contributed by atoms with Crippen molar-refractivity contribution < 1.29 is 28.0 Å². The van der Waals surface area contributed by atoms with Gasteiger partial charge in [0, 0.05) is 54.3 Å². The molecule has 8 atom stereocenters. The van der Waals surface area contributed by atoms with Crippen LogP contribution in [0.3, 0.4) is 0 Å². The number of hydrogen-bond donors (Lipinski definition) is 2. The molecule has 8 rings (SSSR count). The number of fused-ring (bicyclic) bond motifs is 4. The summed E-state index contributed by atoms with van der Waals surface area (Å²) in [5.41, 5.74) is 3.41. The third kappa shape index (κ3) is 6.91. The summed E-state index contributed by atoms with van der Waals surface area (Å²) in [5, 5.41) is 3.72. The summed E-state index contributed by atoms with van der Waals surface area (Å²) in [6, 6.07) is 11.0. The number of aryl methyl sites for hydroxylation is 1. The monoisotopic (exact) mass is 736 g/mol. The zero-order valence-corrected chi connectivity index (χ0v) is 31.1. The SMILES string of the molecule is CO[C@H]1/C=C\C[C@H](C)CS(=O)(NC(=O)N[C@H]2CC23CCOC3)=NC(=O)c2ccc3c(c2)N(C[C@@H]2CC[C@H]21)C[C@@]1(CCCc2cc(Cl)ccc21)CO3. The first-order valence-electron chi connectivity index (χ1n) is 18.5. The summed E-state index contributed by atoms with van der Waals surface area (Å²) in [7, 11) is -1.71. The first kappa shape index (κ1) is 34.9. The Morgan fingerprint density at radius 2 is 2.04 bits per heavy atom. The lowest BCUT2D eigenvalue weighted by Crippen LogP contribution is -2.49. The summed E-state index contributed by atoms with van der Waals surface area (Å²) in [4.78, 5) is 29.7. The van der Waals surface area contributed by atoms with Crippen LogP contribution in [0.2, 0.25) is 5.02 Å². The molecule has 6 aliphatic rings. The van der Waals surface area contributed by atoms with E-state index < -0.39 is 21.9 Å². The van der Waals surface area contributed by atoms with Gasteiger partial charge in [0.05, 0.1) is 30.8 Å². The molecule has 2 saturated carbocycles. The number of urea groups is 1. The van der Waals surface area contributed by atoms with Crippen LogP contribution in [0, 0.1) is 23.2 Å². The predicted molar refractivity (Wildman–Crippen MR) is 198 cm³/mol. The van der Waals surface area contributed by atoms with Crippen LogP contribution in [0.25, 0.3) is 0 Å². The Bertz CT molecular complexity index is 1850. The number of amides is 3. The summed E-state index contributed by atoms with van der Waals surface area (Å²) in [5.74, 6) is 0.747. The maximum absolute atomic E-state index is 14.5. The molecule has 3 aliphatic heterocycles. The van der Waals surface area contributed by atoms with Gasteiger partial charge in [-0.05, 0) is 111 Å². The van der Waals surface area contributed by atoms with Gasteiger partial charge < -0.3 is 24.4 Å². The zero-order chi connectivity index (χ0) is 35.4. The number of hydrogen-bond acceptors (Lipinski definition) is 7. The summed E-state index contributed by atoms with van der Waals surface area (Å²) < 4.78 is 39.7. The van der Waals surface area contributed by atoms with Crippen LogP contribution in [0.5, 0.6) is 5.75 Å². The quantitative estimate of drug-likeness (QED) is 0.348. The van der Waals surface area contributed by atoms with Gasteiger partial charge in [0.1, 0.15) is 15.7 Å². The van der Waals surface area contributed by atoms with Gasteiger partial charge in [-0.2, -0.15) is 0 Å². The molecule has 3 fully saturated rings. The lowest BCUT2D eigenvalue weighted by atomic mass is 9.68. The summed E-state index contributed by atoms with van der Waals surface area (Å²) in [6.07, 6.45) is 11.7. The molecule has 1 saturated heterocycles. The number of halogens is 1. The number of methoxy groups -OCH3 is 1. The van der Waals surface area contributed by atoms with E-state index in [-0.39, 0.29) is 34.6 Å². The summed E-state index contributed by atoms with van der Waals surface area (Å²) >= 11 is 6.46. The maximum atomic E-state index is 14.5. The van der Waals surface area contributed by atoms with Gasteiger partial charge >= 0.3 is 6.03 Å². The fourth-order valence-corrected chi connectivity index (χ4v) is 11.3. The Hall–Kier alpha value is -3.12. The number of carbonyl (C=O) groups is 2. The predicted octanol–water partition coefficient (Wildman–Crippen LogP) is 6.45. The molecule has 2 aromatic rings. The van der Waals surface area contributed by atoms with E-state index in [1.54, 1.807) is 13.2 Å². The first-order valence-corrected chi connectivity index (χ1v) is 20.6. The molecule has 2 spiro atoms. The minimum absolute atomic E-state index is 0.0330. The van der Waals surface area contributed by atoms with Crippen LogP contribution >= 0.6 is 11.6 Å². The van der Waals surface area contributed by atoms with Crippen molar-refractivity contribution in [3.05, 3.63) is 70.3 Å². The molecular weight excluding hydrogens is 688 g/mol. The fourth-order valence-electron chi connectivity index (χ4n) is 9.31. The smallest absolute Gasteiger partial charge is 0.327 e. The highest BCUT2D eigenvalue weighted by Gasteiger charge is 2.57. The van der Waals surface area contributed by atoms with Gasteiger partial charge in [-0.1, -0.05) is 36.7 Å². The highest BCUT2D eigenvalue weighted by atomic mass is 35.5. The molecule has 2 unspecified atom stereocenters. The van der Waals surface area contributed by atoms with Gasteiger partial charge in [0.25, 0.3) is 5.91 Å². The van der Waals surface area contributed by atoms with Crippen molar-refractivity contribution >= 4 is 39.1 Å². The lowest BCUT2D eigenvalue weighted by molar-refractivity contribution is 0.0131. The third-order valence-electron chi connectivity index (χ3n) is 12.4. The lowest BCUT2D eigenvalue weighted by Gasteiger charge is -2.46. The Kier molecular flexibility index (Phi) is 9.38. The van der Waals surface area contributed by atoms with E-state index in [1.165, 1.54) is 11.1 Å².